The van der Waals surface area contributed by atoms with Gasteiger partial charge in [0.05, 0.1) is 0 Å². The lowest BCUT2D eigenvalue weighted by atomic mass is 10.1. The number of nitrogens with one attached hydrogen (secondary N) is 1. The van der Waals surface area contributed by atoms with Crippen molar-refractivity contribution >= 4 is 11.8 Å². The number of hydrogen-bond donors (Lipinski definition) is 1. The third kappa shape index (κ3) is 5.40. The van der Waals surface area contributed by atoms with Gasteiger partial charge in [-0.2, -0.15) is 4.98 Å². The Morgan fingerprint density at radius 1 is 1.03 bits per heavy atom. The molecule has 2 saturated carbocycles. The van der Waals surface area contributed by atoms with Gasteiger partial charge in [0, 0.05) is 37.1 Å². The second-order valence-electron chi connectivity index (χ2n) is 9.79. The molecule has 0 unspecified atom stereocenters. The SMILES string of the molecule is CN(Cc1nc(-c2ccccc2)no1)C(=O)c1cn(C2CC2)cc(C(=O)NC2CCCCCC2)c1=O. The van der Waals surface area contributed by atoms with Gasteiger partial charge in [0.2, 0.25) is 17.1 Å². The lowest BCUT2D eigenvalue weighted by Gasteiger charge is -2.19. The minimum absolute atomic E-state index is 0.0227. The van der Waals surface area contributed by atoms with Crippen molar-refractivity contribution in [3.05, 3.63) is 70.0 Å². The highest BCUT2D eigenvalue weighted by Crippen LogP contribution is 2.34. The summed E-state index contributed by atoms with van der Waals surface area (Å²) in [5, 5.41) is 7.04. The van der Waals surface area contributed by atoms with Crippen LogP contribution in [0.3, 0.4) is 0 Å². The molecule has 3 aromatic rings. The maximum Gasteiger partial charge on any atom is 0.259 e. The van der Waals surface area contributed by atoms with E-state index in [2.05, 4.69) is 15.5 Å². The van der Waals surface area contributed by atoms with Gasteiger partial charge in [-0.25, -0.2) is 0 Å². The first-order valence-corrected chi connectivity index (χ1v) is 12.7. The molecule has 188 valence electrons. The van der Waals surface area contributed by atoms with Crippen molar-refractivity contribution in [2.75, 3.05) is 7.05 Å². The number of pyridine rings is 1. The molecular formula is C27H31N5O4. The fraction of sp³-hybridized carbons (Fsp3) is 0.444. The van der Waals surface area contributed by atoms with E-state index < -0.39 is 17.2 Å². The normalized spacial score (nSPS) is 16.4. The van der Waals surface area contributed by atoms with Crippen LogP contribution in [0.4, 0.5) is 0 Å². The summed E-state index contributed by atoms with van der Waals surface area (Å²) in [5.41, 5.74) is 0.252. The lowest BCUT2D eigenvalue weighted by Crippen LogP contribution is -2.39. The van der Waals surface area contributed by atoms with E-state index in [1.807, 2.05) is 34.9 Å². The van der Waals surface area contributed by atoms with Crippen molar-refractivity contribution in [3.63, 3.8) is 0 Å². The maximum atomic E-state index is 13.3. The van der Waals surface area contributed by atoms with E-state index in [0.29, 0.717) is 5.82 Å². The molecule has 0 atom stereocenters. The fourth-order valence-corrected chi connectivity index (χ4v) is 4.69. The largest absolute Gasteiger partial charge is 0.349 e. The van der Waals surface area contributed by atoms with Gasteiger partial charge < -0.3 is 19.3 Å². The maximum absolute atomic E-state index is 13.3. The van der Waals surface area contributed by atoms with E-state index in [1.54, 1.807) is 19.4 Å². The molecule has 9 nitrogen and oxygen atoms in total. The van der Waals surface area contributed by atoms with Gasteiger partial charge in [0.15, 0.2) is 0 Å². The smallest absolute Gasteiger partial charge is 0.259 e. The Bertz CT molecular complexity index is 1290. The molecule has 2 fully saturated rings. The predicted molar refractivity (Wildman–Crippen MR) is 133 cm³/mol. The Kier molecular flexibility index (Phi) is 6.97. The monoisotopic (exact) mass is 489 g/mol. The molecule has 2 aliphatic carbocycles. The van der Waals surface area contributed by atoms with E-state index in [-0.39, 0.29) is 35.6 Å². The fourth-order valence-electron chi connectivity index (χ4n) is 4.69. The third-order valence-corrected chi connectivity index (χ3v) is 6.90. The first-order chi connectivity index (χ1) is 17.5. The summed E-state index contributed by atoms with van der Waals surface area (Å²) in [7, 11) is 1.58. The van der Waals surface area contributed by atoms with Crippen LogP contribution in [0.5, 0.6) is 0 Å². The number of benzene rings is 1. The van der Waals surface area contributed by atoms with E-state index in [0.717, 1.165) is 44.1 Å². The second-order valence-corrected chi connectivity index (χ2v) is 9.79. The molecule has 0 saturated heterocycles. The molecule has 0 aliphatic heterocycles. The molecule has 2 heterocycles. The van der Waals surface area contributed by atoms with Crippen LogP contribution >= 0.6 is 0 Å². The van der Waals surface area contributed by atoms with Crippen LogP contribution in [0, 0.1) is 0 Å². The average Bonchev–Trinajstić information content (AvgIpc) is 3.68. The number of hydrogen-bond acceptors (Lipinski definition) is 6. The summed E-state index contributed by atoms with van der Waals surface area (Å²) >= 11 is 0. The first kappa shape index (κ1) is 24.0. The summed E-state index contributed by atoms with van der Waals surface area (Å²) in [6.45, 7) is 0.0417. The summed E-state index contributed by atoms with van der Waals surface area (Å²) in [6.07, 6.45) is 11.4. The zero-order chi connectivity index (χ0) is 25.1. The van der Waals surface area contributed by atoms with Gasteiger partial charge >= 0.3 is 0 Å². The zero-order valence-electron chi connectivity index (χ0n) is 20.5. The van der Waals surface area contributed by atoms with Crippen LogP contribution in [0.1, 0.15) is 84.0 Å². The molecule has 9 heteroatoms. The number of aromatic nitrogens is 3. The van der Waals surface area contributed by atoms with Gasteiger partial charge in [-0.3, -0.25) is 14.4 Å². The van der Waals surface area contributed by atoms with Crippen LogP contribution in [0.2, 0.25) is 0 Å². The summed E-state index contributed by atoms with van der Waals surface area (Å²) < 4.78 is 7.17. The quantitative estimate of drug-likeness (QED) is 0.503. The Morgan fingerprint density at radius 3 is 2.42 bits per heavy atom. The lowest BCUT2D eigenvalue weighted by molar-refractivity contribution is 0.0767. The van der Waals surface area contributed by atoms with Crippen LogP contribution in [0.25, 0.3) is 11.4 Å². The number of nitrogens with zero attached hydrogens (tertiary/aromatic N) is 4. The standard InChI is InChI=1S/C27H31N5O4/c1-31(17-23-29-25(30-36-23)18-9-5-4-6-10-18)27(35)22-16-32(20-13-14-20)15-21(24(22)33)26(34)28-19-11-7-2-3-8-12-19/h4-6,9-10,15-16,19-20H,2-3,7-8,11-14,17H2,1H3,(H,28,34). The van der Waals surface area contributed by atoms with Crippen LogP contribution in [-0.4, -0.2) is 44.5 Å². The Hall–Kier alpha value is -3.75. The number of rotatable bonds is 7. The van der Waals surface area contributed by atoms with Gasteiger partial charge in [0.25, 0.3) is 11.8 Å². The Labute approximate surface area is 209 Å². The van der Waals surface area contributed by atoms with Crippen molar-refractivity contribution in [2.24, 2.45) is 0 Å². The number of carbonyl (C=O) groups is 2. The molecule has 0 bridgehead atoms. The molecular weight excluding hydrogens is 458 g/mol. The zero-order valence-corrected chi connectivity index (χ0v) is 20.5. The second kappa shape index (κ2) is 10.5. The third-order valence-electron chi connectivity index (χ3n) is 6.90. The Balaban J connectivity index is 1.35. The van der Waals surface area contributed by atoms with E-state index in [1.165, 1.54) is 17.7 Å². The molecule has 0 spiro atoms. The van der Waals surface area contributed by atoms with E-state index in [4.69, 9.17) is 4.52 Å². The highest BCUT2D eigenvalue weighted by Gasteiger charge is 2.29. The molecule has 36 heavy (non-hydrogen) atoms. The van der Waals surface area contributed by atoms with Crippen molar-refractivity contribution < 1.29 is 14.1 Å². The molecule has 2 aliphatic rings. The number of amides is 2. The molecule has 1 aromatic carbocycles. The predicted octanol–water partition coefficient (Wildman–Crippen LogP) is 3.96. The molecule has 5 rings (SSSR count). The van der Waals surface area contributed by atoms with Crippen LogP contribution in [0.15, 0.2) is 52.0 Å². The molecule has 2 aromatic heterocycles. The first-order valence-electron chi connectivity index (χ1n) is 12.7. The van der Waals surface area contributed by atoms with E-state index in [9.17, 15) is 14.4 Å². The highest BCUT2D eigenvalue weighted by molar-refractivity contribution is 5.99. The van der Waals surface area contributed by atoms with Crippen molar-refractivity contribution in [3.8, 4) is 11.4 Å². The van der Waals surface area contributed by atoms with Crippen LogP contribution in [-0.2, 0) is 6.54 Å². The van der Waals surface area contributed by atoms with Gasteiger partial charge in [-0.05, 0) is 25.7 Å². The molecule has 1 N–H and O–H groups in total. The summed E-state index contributed by atoms with van der Waals surface area (Å²) in [4.78, 5) is 45.5. The van der Waals surface area contributed by atoms with Gasteiger partial charge in [-0.15, -0.1) is 0 Å². The highest BCUT2D eigenvalue weighted by atomic mass is 16.5. The number of carbonyl (C=O) groups excluding carboxylic acids is 2. The average molecular weight is 490 g/mol. The Morgan fingerprint density at radius 2 is 1.72 bits per heavy atom. The van der Waals surface area contributed by atoms with Crippen molar-refractivity contribution in [1.82, 2.24) is 24.9 Å². The van der Waals surface area contributed by atoms with Gasteiger partial charge in [0.1, 0.15) is 17.7 Å². The van der Waals surface area contributed by atoms with Gasteiger partial charge in [-0.1, -0.05) is 61.2 Å². The van der Waals surface area contributed by atoms with Crippen LogP contribution < -0.4 is 10.7 Å². The van der Waals surface area contributed by atoms with E-state index >= 15 is 0 Å². The minimum atomic E-state index is -0.551. The minimum Gasteiger partial charge on any atom is -0.349 e. The topological polar surface area (TPSA) is 110 Å². The molecule has 0 radical (unpaired) electrons. The summed E-state index contributed by atoms with van der Waals surface area (Å²) in [5.74, 6) is -0.199. The summed E-state index contributed by atoms with van der Waals surface area (Å²) in [6, 6.07) is 9.67. The molecule has 2 amide bonds. The van der Waals surface area contributed by atoms with Crippen molar-refractivity contribution in [1.29, 1.82) is 0 Å². The van der Waals surface area contributed by atoms with Crippen molar-refractivity contribution in [2.45, 2.75) is 70.0 Å².